The van der Waals surface area contributed by atoms with Crippen molar-refractivity contribution in [2.45, 2.75) is 31.2 Å². The number of rotatable bonds is 2. The molecule has 6 nitrogen and oxygen atoms in total. The van der Waals surface area contributed by atoms with Gasteiger partial charge in [-0.25, -0.2) is 4.79 Å². The highest BCUT2D eigenvalue weighted by Crippen LogP contribution is 2.31. The van der Waals surface area contributed by atoms with Crippen LogP contribution in [0, 0.1) is 6.92 Å². The molecule has 0 spiro atoms. The number of nitrogens with zero attached hydrogens (tertiary/aromatic N) is 2. The van der Waals surface area contributed by atoms with Crippen LogP contribution in [0.3, 0.4) is 0 Å². The molecule has 2 heterocycles. The zero-order valence-corrected chi connectivity index (χ0v) is 14.3. The predicted octanol–water partition coefficient (Wildman–Crippen LogP) is 1.99. The maximum absolute atomic E-state index is 12.4. The second-order valence-corrected chi connectivity index (χ2v) is 7.07. The first-order valence-electron chi connectivity index (χ1n) is 7.94. The minimum atomic E-state index is -0.0881. The van der Waals surface area contributed by atoms with Crippen LogP contribution in [0.25, 0.3) is 0 Å². The van der Waals surface area contributed by atoms with Gasteiger partial charge < -0.3 is 10.2 Å². The molecular formula is C16H23N5OS. The number of benzene rings is 1. The molecule has 1 fully saturated rings. The molecule has 0 aromatic heterocycles. The van der Waals surface area contributed by atoms with Crippen molar-refractivity contribution < 1.29 is 4.79 Å². The van der Waals surface area contributed by atoms with Crippen LogP contribution in [0.15, 0.2) is 29.4 Å². The van der Waals surface area contributed by atoms with Crippen molar-refractivity contribution in [1.82, 2.24) is 21.0 Å². The monoisotopic (exact) mass is 333 g/mol. The normalized spacial score (nSPS) is 21.5. The van der Waals surface area contributed by atoms with Gasteiger partial charge in [0.05, 0.1) is 0 Å². The smallest absolute Gasteiger partial charge is 0.323 e. The highest BCUT2D eigenvalue weighted by Gasteiger charge is 2.26. The summed E-state index contributed by atoms with van der Waals surface area (Å²) in [5.74, 6) is 0. The van der Waals surface area contributed by atoms with Crippen molar-refractivity contribution in [1.29, 1.82) is 0 Å². The third-order valence-electron chi connectivity index (χ3n) is 4.25. The Morgan fingerprint density at radius 1 is 1.39 bits per heavy atom. The molecule has 1 atom stereocenters. The SMILES string of the molecule is Cc1cccc(C2NN=C(NC(=O)N(C)C3CCNCC3)S2)c1. The second-order valence-electron chi connectivity index (χ2n) is 5.98. The fourth-order valence-corrected chi connectivity index (χ4v) is 3.72. The highest BCUT2D eigenvalue weighted by atomic mass is 32.2. The fraction of sp³-hybridized carbons (Fsp3) is 0.500. The minimum Gasteiger partial charge on any atom is -0.324 e. The Morgan fingerprint density at radius 2 is 2.17 bits per heavy atom. The lowest BCUT2D eigenvalue weighted by molar-refractivity contribution is 0.181. The van der Waals surface area contributed by atoms with Crippen LogP contribution in [-0.4, -0.2) is 42.3 Å². The molecule has 0 saturated carbocycles. The van der Waals surface area contributed by atoms with Crippen LogP contribution in [0.4, 0.5) is 4.79 Å². The van der Waals surface area contributed by atoms with Gasteiger partial charge in [-0.15, -0.1) is 0 Å². The lowest BCUT2D eigenvalue weighted by Gasteiger charge is -2.31. The third-order valence-corrected chi connectivity index (χ3v) is 5.28. The molecule has 23 heavy (non-hydrogen) atoms. The Labute approximate surface area is 141 Å². The van der Waals surface area contributed by atoms with Gasteiger partial charge in [-0.3, -0.25) is 10.7 Å². The van der Waals surface area contributed by atoms with Crippen LogP contribution in [0.5, 0.6) is 0 Å². The third kappa shape index (κ3) is 3.97. The maximum Gasteiger partial charge on any atom is 0.323 e. The molecule has 124 valence electrons. The number of aryl methyl sites for hydroxylation is 1. The molecule has 1 unspecified atom stereocenters. The van der Waals surface area contributed by atoms with E-state index in [9.17, 15) is 4.79 Å². The van der Waals surface area contributed by atoms with E-state index in [-0.39, 0.29) is 11.4 Å². The molecule has 1 saturated heterocycles. The average Bonchev–Trinajstić information content (AvgIpc) is 3.03. The molecule has 0 bridgehead atoms. The van der Waals surface area contributed by atoms with Gasteiger partial charge in [-0.1, -0.05) is 41.6 Å². The van der Waals surface area contributed by atoms with E-state index < -0.39 is 0 Å². The van der Waals surface area contributed by atoms with Crippen LogP contribution in [0.2, 0.25) is 0 Å². The van der Waals surface area contributed by atoms with E-state index in [4.69, 9.17) is 0 Å². The largest absolute Gasteiger partial charge is 0.324 e. The van der Waals surface area contributed by atoms with E-state index in [0.717, 1.165) is 31.5 Å². The highest BCUT2D eigenvalue weighted by molar-refractivity contribution is 8.14. The number of nitrogens with one attached hydrogen (secondary N) is 3. The summed E-state index contributed by atoms with van der Waals surface area (Å²) in [6.45, 7) is 4.00. The first-order valence-corrected chi connectivity index (χ1v) is 8.82. The lowest BCUT2D eigenvalue weighted by Crippen LogP contribution is -2.48. The summed E-state index contributed by atoms with van der Waals surface area (Å²) in [7, 11) is 1.86. The van der Waals surface area contributed by atoms with Crippen molar-refractivity contribution in [3.63, 3.8) is 0 Å². The molecule has 0 aliphatic carbocycles. The van der Waals surface area contributed by atoms with Crippen molar-refractivity contribution in [2.75, 3.05) is 20.1 Å². The van der Waals surface area contributed by atoms with Crippen molar-refractivity contribution >= 4 is 23.0 Å². The first-order chi connectivity index (χ1) is 11.1. The molecule has 3 N–H and O–H groups in total. The van der Waals surface area contributed by atoms with E-state index in [1.165, 1.54) is 17.3 Å². The van der Waals surface area contributed by atoms with Crippen LogP contribution >= 0.6 is 11.8 Å². The molecule has 2 aliphatic rings. The van der Waals surface area contributed by atoms with Crippen molar-refractivity contribution in [3.8, 4) is 0 Å². The molecule has 7 heteroatoms. The average molecular weight is 333 g/mol. The molecular weight excluding hydrogens is 310 g/mol. The van der Waals surface area contributed by atoms with E-state index in [2.05, 4.69) is 46.3 Å². The Hall–Kier alpha value is -1.73. The summed E-state index contributed by atoms with van der Waals surface area (Å²) in [5.41, 5.74) is 5.46. The number of hydrogen-bond acceptors (Lipinski definition) is 5. The minimum absolute atomic E-state index is 0.0504. The van der Waals surface area contributed by atoms with Gasteiger partial charge in [-0.2, -0.15) is 5.10 Å². The topological polar surface area (TPSA) is 68.8 Å². The van der Waals surface area contributed by atoms with E-state index in [1.54, 1.807) is 4.90 Å². The van der Waals surface area contributed by atoms with E-state index in [1.807, 2.05) is 13.1 Å². The summed E-state index contributed by atoms with van der Waals surface area (Å²) in [5, 5.41) is 11.1. The van der Waals surface area contributed by atoms with Crippen molar-refractivity contribution in [3.05, 3.63) is 35.4 Å². The van der Waals surface area contributed by atoms with Crippen molar-refractivity contribution in [2.24, 2.45) is 5.10 Å². The first kappa shape index (κ1) is 16.1. The predicted molar refractivity (Wildman–Crippen MR) is 94.3 cm³/mol. The zero-order valence-electron chi connectivity index (χ0n) is 13.5. The van der Waals surface area contributed by atoms with Crippen LogP contribution in [0.1, 0.15) is 29.3 Å². The van der Waals surface area contributed by atoms with Crippen LogP contribution in [-0.2, 0) is 0 Å². The Balaban J connectivity index is 1.54. The number of urea groups is 1. The molecule has 3 rings (SSSR count). The van der Waals surface area contributed by atoms with Gasteiger partial charge in [0.15, 0.2) is 5.17 Å². The molecule has 1 aromatic rings. The van der Waals surface area contributed by atoms with Gasteiger partial charge in [-0.05, 0) is 38.4 Å². The molecule has 1 aromatic carbocycles. The molecule has 2 amide bonds. The number of carbonyl (C=O) groups is 1. The Bertz CT molecular complexity index is 600. The fourth-order valence-electron chi connectivity index (χ4n) is 2.85. The standard InChI is InChI=1S/C16H23N5OS/c1-11-4-3-5-12(10-11)14-19-20-15(23-14)18-16(22)21(2)13-6-8-17-9-7-13/h3-5,10,13-14,17,19H,6-9H2,1-2H3,(H,18,20,22). The Morgan fingerprint density at radius 3 is 2.91 bits per heavy atom. The lowest BCUT2D eigenvalue weighted by atomic mass is 10.1. The number of piperidine rings is 1. The van der Waals surface area contributed by atoms with Gasteiger partial charge in [0.1, 0.15) is 5.37 Å². The van der Waals surface area contributed by atoms with E-state index in [0.29, 0.717) is 11.2 Å². The summed E-state index contributed by atoms with van der Waals surface area (Å²) in [6, 6.07) is 8.51. The van der Waals surface area contributed by atoms with Gasteiger partial charge in [0.25, 0.3) is 0 Å². The number of thioether (sulfide) groups is 1. The molecule has 2 aliphatic heterocycles. The molecule has 0 radical (unpaired) electrons. The van der Waals surface area contributed by atoms with Gasteiger partial charge in [0.2, 0.25) is 0 Å². The number of amides is 2. The number of hydrogen-bond donors (Lipinski definition) is 3. The van der Waals surface area contributed by atoms with E-state index >= 15 is 0 Å². The number of amidine groups is 1. The summed E-state index contributed by atoms with van der Waals surface area (Å²) >= 11 is 1.53. The summed E-state index contributed by atoms with van der Waals surface area (Å²) < 4.78 is 0. The van der Waals surface area contributed by atoms with Crippen LogP contribution < -0.4 is 16.1 Å². The Kier molecular flexibility index (Phi) is 5.07. The van der Waals surface area contributed by atoms with Gasteiger partial charge in [0, 0.05) is 13.1 Å². The summed E-state index contributed by atoms with van der Waals surface area (Å²) in [4.78, 5) is 14.2. The zero-order chi connectivity index (χ0) is 16.2. The number of hydrazone groups is 1. The quantitative estimate of drug-likeness (QED) is 0.774. The summed E-state index contributed by atoms with van der Waals surface area (Å²) in [6.07, 6.45) is 1.99. The van der Waals surface area contributed by atoms with Gasteiger partial charge >= 0.3 is 6.03 Å². The second kappa shape index (κ2) is 7.23. The maximum atomic E-state index is 12.4. The number of carbonyl (C=O) groups excluding carboxylic acids is 1.